The molecule has 0 aliphatic carbocycles. The minimum Gasteiger partial charge on any atom is -0.335 e. The van der Waals surface area contributed by atoms with Crippen LogP contribution in [0, 0.1) is 0 Å². The number of urea groups is 1. The molecule has 0 radical (unpaired) electrons. The molecule has 0 spiro atoms. The number of carbonyl (C=O) groups excluding carboxylic acids is 1. The topological polar surface area (TPSA) is 32.3 Å². The Morgan fingerprint density at radius 3 is 2.29 bits per heavy atom. The van der Waals surface area contributed by atoms with Crippen LogP contribution >= 0.6 is 0 Å². The molecular weight excluding hydrogens is 176 g/mol. The normalized spacial score (nSPS) is 17.2. The van der Waals surface area contributed by atoms with E-state index in [0.717, 1.165) is 38.8 Å². The zero-order chi connectivity index (χ0) is 10.4. The van der Waals surface area contributed by atoms with Crippen LogP contribution in [-0.2, 0) is 0 Å². The summed E-state index contributed by atoms with van der Waals surface area (Å²) in [5.74, 6) is 0. The van der Waals surface area contributed by atoms with E-state index in [2.05, 4.69) is 19.2 Å². The molecule has 1 rings (SSSR count). The van der Waals surface area contributed by atoms with Crippen LogP contribution in [0.5, 0.6) is 0 Å². The highest BCUT2D eigenvalue weighted by molar-refractivity contribution is 5.74. The molecule has 0 bridgehead atoms. The van der Waals surface area contributed by atoms with Crippen molar-refractivity contribution in [3.63, 3.8) is 0 Å². The Morgan fingerprint density at radius 1 is 1.21 bits per heavy atom. The van der Waals surface area contributed by atoms with Crippen LogP contribution in [0.25, 0.3) is 0 Å². The van der Waals surface area contributed by atoms with E-state index >= 15 is 0 Å². The van der Waals surface area contributed by atoms with E-state index in [1.165, 1.54) is 6.42 Å². The lowest BCUT2D eigenvalue weighted by atomic mass is 10.1. The quantitative estimate of drug-likeness (QED) is 0.742. The van der Waals surface area contributed by atoms with Crippen LogP contribution in [0.2, 0.25) is 0 Å². The van der Waals surface area contributed by atoms with Gasteiger partial charge in [-0.1, -0.05) is 13.8 Å². The van der Waals surface area contributed by atoms with Gasteiger partial charge in [-0.2, -0.15) is 0 Å². The van der Waals surface area contributed by atoms with Gasteiger partial charge in [0.15, 0.2) is 0 Å². The lowest BCUT2D eigenvalue weighted by molar-refractivity contribution is 0.182. The standard InChI is InChI=1S/C11H22N2O/c1-3-10(4-2)12-11(14)13-8-6-5-7-9-13/h10H,3-9H2,1-2H3,(H,12,14). The highest BCUT2D eigenvalue weighted by atomic mass is 16.2. The SMILES string of the molecule is CCC(CC)NC(=O)N1CCCCC1. The highest BCUT2D eigenvalue weighted by Crippen LogP contribution is 2.09. The van der Waals surface area contributed by atoms with E-state index in [0.29, 0.717) is 6.04 Å². The van der Waals surface area contributed by atoms with Gasteiger partial charge in [0.1, 0.15) is 0 Å². The molecule has 0 aromatic heterocycles. The largest absolute Gasteiger partial charge is 0.335 e. The van der Waals surface area contributed by atoms with Crippen LogP contribution < -0.4 is 5.32 Å². The number of nitrogens with one attached hydrogen (secondary N) is 1. The predicted molar refractivity (Wildman–Crippen MR) is 58.3 cm³/mol. The van der Waals surface area contributed by atoms with Crippen LogP contribution in [-0.4, -0.2) is 30.1 Å². The lowest BCUT2D eigenvalue weighted by Crippen LogP contribution is -2.46. The number of amides is 2. The summed E-state index contributed by atoms with van der Waals surface area (Å²) >= 11 is 0. The van der Waals surface area contributed by atoms with Gasteiger partial charge >= 0.3 is 6.03 Å². The third kappa shape index (κ3) is 3.20. The molecule has 1 fully saturated rings. The second-order valence-corrected chi connectivity index (χ2v) is 4.01. The van der Waals surface area contributed by atoms with Crippen molar-refractivity contribution in [1.29, 1.82) is 0 Å². The number of piperidine rings is 1. The van der Waals surface area contributed by atoms with E-state index in [1.807, 2.05) is 4.90 Å². The lowest BCUT2D eigenvalue weighted by Gasteiger charge is -2.28. The minimum atomic E-state index is 0.137. The van der Waals surface area contributed by atoms with Crippen molar-refractivity contribution in [2.24, 2.45) is 0 Å². The second kappa shape index (κ2) is 5.89. The van der Waals surface area contributed by atoms with Gasteiger partial charge in [0, 0.05) is 19.1 Å². The van der Waals surface area contributed by atoms with Crippen molar-refractivity contribution < 1.29 is 4.79 Å². The molecule has 0 saturated carbocycles. The Kier molecular flexibility index (Phi) is 4.77. The summed E-state index contributed by atoms with van der Waals surface area (Å²) in [5, 5.41) is 3.07. The van der Waals surface area contributed by atoms with Crippen molar-refractivity contribution in [3.8, 4) is 0 Å². The molecule has 1 aliphatic heterocycles. The minimum absolute atomic E-state index is 0.137. The Bertz CT molecular complexity index is 172. The van der Waals surface area contributed by atoms with Gasteiger partial charge in [-0.3, -0.25) is 0 Å². The van der Waals surface area contributed by atoms with Crippen molar-refractivity contribution in [3.05, 3.63) is 0 Å². The fourth-order valence-corrected chi connectivity index (χ4v) is 1.86. The zero-order valence-corrected chi connectivity index (χ0v) is 9.38. The van der Waals surface area contributed by atoms with Gasteiger partial charge < -0.3 is 10.2 Å². The summed E-state index contributed by atoms with van der Waals surface area (Å²) in [6, 6.07) is 0.489. The number of nitrogens with zero attached hydrogens (tertiary/aromatic N) is 1. The first-order valence-corrected chi connectivity index (χ1v) is 5.83. The molecule has 2 amide bonds. The Labute approximate surface area is 86.9 Å². The number of likely N-dealkylation sites (tertiary alicyclic amines) is 1. The molecule has 1 N–H and O–H groups in total. The molecule has 3 nitrogen and oxygen atoms in total. The smallest absolute Gasteiger partial charge is 0.317 e. The predicted octanol–water partition coefficient (Wildman–Crippen LogP) is 2.37. The highest BCUT2D eigenvalue weighted by Gasteiger charge is 2.17. The molecule has 1 saturated heterocycles. The monoisotopic (exact) mass is 198 g/mol. The van der Waals surface area contributed by atoms with Crippen LogP contribution in [0.1, 0.15) is 46.0 Å². The van der Waals surface area contributed by atoms with E-state index in [-0.39, 0.29) is 6.03 Å². The number of rotatable bonds is 3. The average Bonchev–Trinajstić information content (AvgIpc) is 2.26. The maximum absolute atomic E-state index is 11.7. The number of carbonyl (C=O) groups is 1. The Balaban J connectivity index is 2.32. The van der Waals surface area contributed by atoms with Gasteiger partial charge in [-0.15, -0.1) is 0 Å². The first-order valence-electron chi connectivity index (χ1n) is 5.83. The Morgan fingerprint density at radius 2 is 1.79 bits per heavy atom. The average molecular weight is 198 g/mol. The van der Waals surface area contributed by atoms with Crippen LogP contribution in [0.15, 0.2) is 0 Å². The first kappa shape index (κ1) is 11.3. The third-order valence-electron chi connectivity index (χ3n) is 2.96. The van der Waals surface area contributed by atoms with Gasteiger partial charge in [-0.25, -0.2) is 4.79 Å². The molecule has 82 valence electrons. The van der Waals surface area contributed by atoms with Gasteiger partial charge in [0.25, 0.3) is 0 Å². The van der Waals surface area contributed by atoms with E-state index in [4.69, 9.17) is 0 Å². The van der Waals surface area contributed by atoms with Gasteiger partial charge in [0.2, 0.25) is 0 Å². The molecule has 0 unspecified atom stereocenters. The Hall–Kier alpha value is -0.730. The van der Waals surface area contributed by atoms with Gasteiger partial charge in [-0.05, 0) is 32.1 Å². The van der Waals surface area contributed by atoms with Crippen molar-refractivity contribution >= 4 is 6.03 Å². The third-order valence-corrected chi connectivity index (χ3v) is 2.96. The molecule has 0 aromatic carbocycles. The van der Waals surface area contributed by atoms with Crippen LogP contribution in [0.3, 0.4) is 0 Å². The maximum Gasteiger partial charge on any atom is 0.317 e. The van der Waals surface area contributed by atoms with Crippen molar-refractivity contribution in [2.75, 3.05) is 13.1 Å². The summed E-state index contributed by atoms with van der Waals surface area (Å²) in [4.78, 5) is 13.7. The molecule has 1 heterocycles. The summed E-state index contributed by atoms with van der Waals surface area (Å²) < 4.78 is 0. The van der Waals surface area contributed by atoms with Crippen molar-refractivity contribution in [2.45, 2.75) is 52.0 Å². The number of hydrogen-bond acceptors (Lipinski definition) is 1. The van der Waals surface area contributed by atoms with Gasteiger partial charge in [0.05, 0.1) is 0 Å². The fraction of sp³-hybridized carbons (Fsp3) is 0.909. The molecule has 1 aliphatic rings. The fourth-order valence-electron chi connectivity index (χ4n) is 1.86. The summed E-state index contributed by atoms with van der Waals surface area (Å²) in [6.07, 6.45) is 5.65. The molecule has 0 atom stereocenters. The zero-order valence-electron chi connectivity index (χ0n) is 9.38. The molecule has 3 heteroatoms. The second-order valence-electron chi connectivity index (χ2n) is 4.01. The van der Waals surface area contributed by atoms with E-state index < -0.39 is 0 Å². The molecule has 14 heavy (non-hydrogen) atoms. The number of hydrogen-bond donors (Lipinski definition) is 1. The van der Waals surface area contributed by atoms with Crippen molar-refractivity contribution in [1.82, 2.24) is 10.2 Å². The molecular formula is C11H22N2O. The summed E-state index contributed by atoms with van der Waals surface area (Å²) in [7, 11) is 0. The van der Waals surface area contributed by atoms with E-state index in [9.17, 15) is 4.79 Å². The summed E-state index contributed by atoms with van der Waals surface area (Å²) in [5.41, 5.74) is 0. The molecule has 0 aromatic rings. The first-order chi connectivity index (χ1) is 6.77. The van der Waals surface area contributed by atoms with Crippen LogP contribution in [0.4, 0.5) is 4.79 Å². The summed E-state index contributed by atoms with van der Waals surface area (Å²) in [6.45, 7) is 6.10. The maximum atomic E-state index is 11.7. The van der Waals surface area contributed by atoms with E-state index in [1.54, 1.807) is 0 Å².